The number of thioether (sulfide) groups is 1. The molecule has 37 heavy (non-hydrogen) atoms. The maximum atomic E-state index is 14.7. The molecule has 3 saturated heterocycles. The van der Waals surface area contributed by atoms with E-state index < -0.39 is 11.9 Å². The van der Waals surface area contributed by atoms with Crippen LogP contribution in [-0.4, -0.2) is 48.6 Å². The number of hydrogen-bond donors (Lipinski definition) is 0. The quantitative estimate of drug-likeness (QED) is 0.174. The number of rotatable bonds is 9. The summed E-state index contributed by atoms with van der Waals surface area (Å²) in [6.07, 6.45) is 2.46. The van der Waals surface area contributed by atoms with Gasteiger partial charge in [0.2, 0.25) is 0 Å². The maximum absolute atomic E-state index is 14.7. The molecule has 3 aromatic rings. The van der Waals surface area contributed by atoms with Crippen LogP contribution in [-0.2, 0) is 11.3 Å². The number of hydrogen-bond acceptors (Lipinski definition) is 3. The third-order valence-corrected chi connectivity index (χ3v) is 8.80. The number of halogens is 2. The summed E-state index contributed by atoms with van der Waals surface area (Å²) in [5.41, 5.74) is 0.870. The topological polar surface area (TPSA) is 29.5 Å². The molecule has 0 aromatic heterocycles. The second-order valence-electron chi connectivity index (χ2n) is 10.1. The summed E-state index contributed by atoms with van der Waals surface area (Å²) in [5.74, 6) is 0.564. The van der Waals surface area contributed by atoms with Gasteiger partial charge in [0.25, 0.3) is 0 Å². The number of piperidine rings is 3. The molecular formula is C30H33F2N2O2S+. The number of quaternary nitrogens is 1. The number of carbonyl (C=O) groups excluding carboxylic acids is 1. The number of benzene rings is 3. The molecule has 3 heterocycles. The van der Waals surface area contributed by atoms with Crippen molar-refractivity contribution in [1.29, 1.82) is 0 Å². The predicted octanol–water partition coefficient (Wildman–Crippen LogP) is 6.90. The van der Waals surface area contributed by atoms with Crippen molar-refractivity contribution in [2.45, 2.75) is 36.8 Å². The van der Waals surface area contributed by atoms with Gasteiger partial charge in [0.15, 0.2) is 6.10 Å². The van der Waals surface area contributed by atoms with Gasteiger partial charge in [-0.2, -0.15) is 0 Å². The summed E-state index contributed by atoms with van der Waals surface area (Å²) in [5, 5.41) is 0. The van der Waals surface area contributed by atoms with Crippen LogP contribution in [0.1, 0.15) is 24.8 Å². The smallest absolute Gasteiger partial charge is 0.415 e. The number of para-hydroxylation sites is 1. The Hall–Kier alpha value is -2.90. The van der Waals surface area contributed by atoms with Gasteiger partial charge in [0, 0.05) is 35.8 Å². The van der Waals surface area contributed by atoms with E-state index in [1.54, 1.807) is 30.3 Å². The summed E-state index contributed by atoms with van der Waals surface area (Å²) in [4.78, 5) is 16.1. The van der Waals surface area contributed by atoms with E-state index in [2.05, 4.69) is 24.3 Å². The maximum Gasteiger partial charge on any atom is 0.415 e. The Morgan fingerprint density at radius 2 is 1.65 bits per heavy atom. The first kappa shape index (κ1) is 25.7. The highest BCUT2D eigenvalue weighted by Gasteiger charge is 2.47. The molecule has 194 valence electrons. The van der Waals surface area contributed by atoms with Gasteiger partial charge in [-0.3, -0.25) is 4.90 Å². The highest BCUT2D eigenvalue weighted by Crippen LogP contribution is 2.37. The molecule has 0 aliphatic carbocycles. The first-order valence-corrected chi connectivity index (χ1v) is 14.0. The Morgan fingerprint density at radius 3 is 2.38 bits per heavy atom. The first-order chi connectivity index (χ1) is 18.0. The van der Waals surface area contributed by atoms with Gasteiger partial charge >= 0.3 is 6.09 Å². The fourth-order valence-corrected chi connectivity index (χ4v) is 6.52. The highest BCUT2D eigenvalue weighted by molar-refractivity contribution is 7.99. The van der Waals surface area contributed by atoms with Crippen LogP contribution in [0.15, 0.2) is 83.8 Å². The zero-order valence-corrected chi connectivity index (χ0v) is 21.7. The summed E-state index contributed by atoms with van der Waals surface area (Å²) in [7, 11) is 0. The lowest BCUT2D eigenvalue weighted by Gasteiger charge is -2.52. The molecule has 6 rings (SSSR count). The van der Waals surface area contributed by atoms with Gasteiger partial charge in [-0.25, -0.2) is 13.6 Å². The van der Waals surface area contributed by atoms with E-state index in [1.165, 1.54) is 28.0 Å². The zero-order valence-electron chi connectivity index (χ0n) is 20.9. The molecule has 2 bridgehead atoms. The largest absolute Gasteiger partial charge is 0.440 e. The lowest BCUT2D eigenvalue weighted by molar-refractivity contribution is -0.946. The number of fused-ring (bicyclic) bond motifs is 3. The second kappa shape index (κ2) is 11.7. The summed E-state index contributed by atoms with van der Waals surface area (Å²) in [6.45, 7) is 4.25. The van der Waals surface area contributed by atoms with Crippen LogP contribution in [0.4, 0.5) is 19.3 Å². The third-order valence-electron chi connectivity index (χ3n) is 7.70. The molecule has 3 fully saturated rings. The number of anilines is 1. The van der Waals surface area contributed by atoms with Crippen molar-refractivity contribution >= 4 is 23.5 Å². The fraction of sp³-hybridized carbons (Fsp3) is 0.367. The minimum atomic E-state index is -0.550. The van der Waals surface area contributed by atoms with Crippen LogP contribution in [0, 0.1) is 17.6 Å². The van der Waals surface area contributed by atoms with E-state index in [0.29, 0.717) is 11.5 Å². The monoisotopic (exact) mass is 523 g/mol. The molecule has 3 aliphatic heterocycles. The van der Waals surface area contributed by atoms with Crippen molar-refractivity contribution in [3.05, 3.63) is 96.1 Å². The number of amides is 1. The van der Waals surface area contributed by atoms with E-state index in [1.807, 2.05) is 17.8 Å². The Kier molecular flexibility index (Phi) is 8.11. The third kappa shape index (κ3) is 6.33. The summed E-state index contributed by atoms with van der Waals surface area (Å²) in [6, 6.07) is 22.6. The lowest BCUT2D eigenvalue weighted by atomic mass is 9.83. The zero-order chi connectivity index (χ0) is 25.7. The van der Waals surface area contributed by atoms with E-state index in [9.17, 15) is 13.6 Å². The Bertz CT molecular complexity index is 1180. The van der Waals surface area contributed by atoms with Gasteiger partial charge in [0.1, 0.15) is 18.2 Å². The molecule has 0 spiro atoms. The molecule has 3 aliphatic rings. The SMILES string of the molecule is O=C(OC1C[N+]2(CCCSc3ccccc3)CCC1CC2)N(Cc1ccc(F)cc1)c1ccccc1F. The average molecular weight is 524 g/mol. The van der Waals surface area contributed by atoms with E-state index >= 15 is 0 Å². The highest BCUT2D eigenvalue weighted by atomic mass is 32.2. The fourth-order valence-electron chi connectivity index (χ4n) is 5.66. The van der Waals surface area contributed by atoms with Gasteiger partial charge in [-0.05, 0) is 42.0 Å². The molecule has 1 unspecified atom stereocenters. The predicted molar refractivity (Wildman–Crippen MR) is 143 cm³/mol. The van der Waals surface area contributed by atoms with Gasteiger partial charge < -0.3 is 9.22 Å². The molecule has 1 atom stereocenters. The molecule has 7 heteroatoms. The van der Waals surface area contributed by atoms with E-state index in [0.717, 1.165) is 55.7 Å². The van der Waals surface area contributed by atoms with Gasteiger partial charge in [-0.15, -0.1) is 11.8 Å². The van der Waals surface area contributed by atoms with Crippen LogP contribution >= 0.6 is 11.8 Å². The Labute approximate surface area is 221 Å². The average Bonchev–Trinajstić information content (AvgIpc) is 2.92. The van der Waals surface area contributed by atoms with Crippen molar-refractivity contribution in [2.75, 3.05) is 36.8 Å². The molecule has 4 nitrogen and oxygen atoms in total. The number of nitrogens with zero attached hydrogens (tertiary/aromatic N) is 2. The normalized spacial score (nSPS) is 22.5. The van der Waals surface area contributed by atoms with Crippen molar-refractivity contribution in [3.63, 3.8) is 0 Å². The molecule has 0 N–H and O–H groups in total. The van der Waals surface area contributed by atoms with Crippen molar-refractivity contribution < 1.29 is 22.8 Å². The van der Waals surface area contributed by atoms with Crippen molar-refractivity contribution in [3.8, 4) is 0 Å². The first-order valence-electron chi connectivity index (χ1n) is 13.0. The van der Waals surface area contributed by atoms with Crippen LogP contribution < -0.4 is 4.90 Å². The van der Waals surface area contributed by atoms with Crippen molar-refractivity contribution in [2.24, 2.45) is 5.92 Å². The van der Waals surface area contributed by atoms with Crippen LogP contribution in [0.3, 0.4) is 0 Å². The molecular weight excluding hydrogens is 490 g/mol. The minimum absolute atomic E-state index is 0.105. The molecule has 3 aromatic carbocycles. The Balaban J connectivity index is 1.24. The minimum Gasteiger partial charge on any atom is -0.440 e. The summed E-state index contributed by atoms with van der Waals surface area (Å²) < 4.78 is 35.3. The number of ether oxygens (including phenoxy) is 1. The lowest BCUT2D eigenvalue weighted by Crippen LogP contribution is -2.65. The van der Waals surface area contributed by atoms with Gasteiger partial charge in [0.05, 0.1) is 31.9 Å². The van der Waals surface area contributed by atoms with Crippen LogP contribution in [0.2, 0.25) is 0 Å². The molecule has 1 amide bonds. The molecule has 0 saturated carbocycles. The standard InChI is InChI=1S/C30H33F2N2O2S/c31-25-13-11-23(12-14-25)21-33(28-10-5-4-9-27(28)32)30(35)36-29-22-34(18-15-24(29)16-19-34)17-6-20-37-26-7-2-1-3-8-26/h1-5,7-14,24,29H,6,15-22H2/q+1. The van der Waals surface area contributed by atoms with E-state index in [-0.39, 0.29) is 24.2 Å². The summed E-state index contributed by atoms with van der Waals surface area (Å²) >= 11 is 1.89. The second-order valence-corrected chi connectivity index (χ2v) is 11.3. The van der Waals surface area contributed by atoms with Gasteiger partial charge in [-0.1, -0.05) is 42.5 Å². The van der Waals surface area contributed by atoms with Crippen LogP contribution in [0.25, 0.3) is 0 Å². The van der Waals surface area contributed by atoms with E-state index in [4.69, 9.17) is 4.74 Å². The molecule has 0 radical (unpaired) electrons. The van der Waals surface area contributed by atoms with Crippen molar-refractivity contribution in [1.82, 2.24) is 0 Å². The number of carbonyl (C=O) groups is 1. The van der Waals surface area contributed by atoms with Crippen LogP contribution in [0.5, 0.6) is 0 Å². The Morgan fingerprint density at radius 1 is 0.946 bits per heavy atom.